The molecule has 0 saturated carbocycles. The Morgan fingerprint density at radius 3 is 2.44 bits per heavy atom. The van der Waals surface area contributed by atoms with Crippen LogP contribution in [0.3, 0.4) is 0 Å². The molecule has 0 unspecified atom stereocenters. The molecule has 1 aromatic rings. The second-order valence-electron chi connectivity index (χ2n) is 7.02. The summed E-state index contributed by atoms with van der Waals surface area (Å²) in [4.78, 5) is 6.66. The number of aliphatic imine (C=N–C) groups is 1. The number of hydrogen-bond donors (Lipinski definition) is 2. The van der Waals surface area contributed by atoms with Gasteiger partial charge in [-0.2, -0.15) is 0 Å². The van der Waals surface area contributed by atoms with E-state index in [2.05, 4.69) is 40.7 Å². The van der Waals surface area contributed by atoms with E-state index in [0.717, 1.165) is 63.0 Å². The molecule has 152 valence electrons. The van der Waals surface area contributed by atoms with E-state index in [-0.39, 0.29) is 5.54 Å². The van der Waals surface area contributed by atoms with E-state index in [0.29, 0.717) is 0 Å². The molecular formula is C20H34N4O3. The number of likely N-dealkylation sites (N-methyl/N-ethyl adjacent to an activating group) is 1. The fraction of sp³-hybridized carbons (Fsp3) is 0.650. The van der Waals surface area contributed by atoms with Crippen LogP contribution in [-0.2, 0) is 11.2 Å². The van der Waals surface area contributed by atoms with Crippen molar-refractivity contribution in [2.75, 3.05) is 61.7 Å². The number of methoxy groups -OCH3 is 2. The smallest absolute Gasteiger partial charge is 0.191 e. The molecule has 0 bridgehead atoms. The number of rotatable bonds is 8. The number of nitrogens with one attached hydrogen (secondary N) is 2. The lowest BCUT2D eigenvalue weighted by molar-refractivity contribution is -0.00501. The molecule has 1 saturated heterocycles. The average Bonchev–Trinajstić information content (AvgIpc) is 2.70. The number of benzene rings is 1. The molecule has 27 heavy (non-hydrogen) atoms. The van der Waals surface area contributed by atoms with E-state index in [1.165, 1.54) is 5.56 Å². The zero-order chi connectivity index (χ0) is 19.7. The highest BCUT2D eigenvalue weighted by Crippen LogP contribution is 2.27. The third-order valence-corrected chi connectivity index (χ3v) is 5.33. The molecule has 1 fully saturated rings. The number of hydrogen-bond acceptors (Lipinski definition) is 5. The van der Waals surface area contributed by atoms with E-state index in [1.807, 2.05) is 12.1 Å². The molecule has 2 rings (SSSR count). The maximum Gasteiger partial charge on any atom is 0.191 e. The van der Waals surface area contributed by atoms with Crippen molar-refractivity contribution in [3.05, 3.63) is 23.8 Å². The Balaban J connectivity index is 1.85. The Hall–Kier alpha value is -1.99. The Bertz CT molecular complexity index is 613. The fourth-order valence-corrected chi connectivity index (χ4v) is 3.36. The monoisotopic (exact) mass is 378 g/mol. The fourth-order valence-electron chi connectivity index (χ4n) is 3.36. The van der Waals surface area contributed by atoms with Crippen LogP contribution in [0.5, 0.6) is 11.5 Å². The van der Waals surface area contributed by atoms with E-state index in [1.54, 1.807) is 21.3 Å². The first-order chi connectivity index (χ1) is 13.0. The van der Waals surface area contributed by atoms with Crippen LogP contribution < -0.4 is 20.1 Å². The summed E-state index contributed by atoms with van der Waals surface area (Å²) in [6.07, 6.45) is 2.92. The largest absolute Gasteiger partial charge is 0.493 e. The summed E-state index contributed by atoms with van der Waals surface area (Å²) in [5.74, 6) is 2.32. The molecule has 1 heterocycles. The Kier molecular flexibility index (Phi) is 8.19. The maximum atomic E-state index is 5.54. The SMILES string of the molecule is CN=C(NCCc1ccc(OC)c(OC)c1)NCC1(N(C)C)CCOCC1. The van der Waals surface area contributed by atoms with Crippen molar-refractivity contribution in [1.29, 1.82) is 0 Å². The van der Waals surface area contributed by atoms with Gasteiger partial charge in [-0.25, -0.2) is 0 Å². The van der Waals surface area contributed by atoms with Crippen LogP contribution in [0.1, 0.15) is 18.4 Å². The topological polar surface area (TPSA) is 67.4 Å². The molecule has 0 aliphatic carbocycles. The molecule has 0 amide bonds. The van der Waals surface area contributed by atoms with Gasteiger partial charge in [0.05, 0.1) is 14.2 Å². The zero-order valence-corrected chi connectivity index (χ0v) is 17.3. The van der Waals surface area contributed by atoms with E-state index in [4.69, 9.17) is 14.2 Å². The van der Waals surface area contributed by atoms with Gasteiger partial charge in [0.25, 0.3) is 0 Å². The zero-order valence-electron chi connectivity index (χ0n) is 17.3. The minimum atomic E-state index is 0.110. The van der Waals surface area contributed by atoms with Crippen LogP contribution in [0.2, 0.25) is 0 Å². The molecule has 1 aliphatic rings. The lowest BCUT2D eigenvalue weighted by Crippen LogP contribution is -2.57. The van der Waals surface area contributed by atoms with E-state index >= 15 is 0 Å². The summed E-state index contributed by atoms with van der Waals surface area (Å²) < 4.78 is 16.2. The van der Waals surface area contributed by atoms with Gasteiger partial charge in [-0.05, 0) is 51.1 Å². The van der Waals surface area contributed by atoms with Crippen molar-refractivity contribution in [2.45, 2.75) is 24.8 Å². The standard InChI is InChI=1S/C20H34N4O3/c1-21-19(23-15-20(24(2)3)9-12-27-13-10-20)22-11-8-16-6-7-17(25-4)18(14-16)26-5/h6-7,14H,8-13,15H2,1-5H3,(H2,21,22,23). The first-order valence-corrected chi connectivity index (χ1v) is 9.45. The normalized spacial score (nSPS) is 16.9. The highest BCUT2D eigenvalue weighted by molar-refractivity contribution is 5.79. The van der Waals surface area contributed by atoms with Gasteiger partial charge in [-0.1, -0.05) is 6.07 Å². The van der Waals surface area contributed by atoms with E-state index < -0.39 is 0 Å². The second kappa shape index (κ2) is 10.4. The highest BCUT2D eigenvalue weighted by atomic mass is 16.5. The van der Waals surface area contributed by atoms with Crippen molar-refractivity contribution in [3.8, 4) is 11.5 Å². The lowest BCUT2D eigenvalue weighted by atomic mass is 9.88. The summed E-state index contributed by atoms with van der Waals surface area (Å²) in [5.41, 5.74) is 1.30. The van der Waals surface area contributed by atoms with Crippen molar-refractivity contribution >= 4 is 5.96 Å². The third kappa shape index (κ3) is 5.74. The van der Waals surface area contributed by atoms with Crippen molar-refractivity contribution in [3.63, 3.8) is 0 Å². The summed E-state index contributed by atoms with van der Waals surface area (Å²) in [6.45, 7) is 3.25. The van der Waals surface area contributed by atoms with Crippen LogP contribution >= 0.6 is 0 Å². The van der Waals surface area contributed by atoms with Crippen LogP contribution in [-0.4, -0.2) is 78.1 Å². The molecule has 2 N–H and O–H groups in total. The molecular weight excluding hydrogens is 344 g/mol. The number of ether oxygens (including phenoxy) is 3. The molecule has 7 nitrogen and oxygen atoms in total. The average molecular weight is 379 g/mol. The Morgan fingerprint density at radius 1 is 1.15 bits per heavy atom. The first kappa shape index (κ1) is 21.3. The first-order valence-electron chi connectivity index (χ1n) is 9.45. The van der Waals surface area contributed by atoms with Crippen LogP contribution in [0.25, 0.3) is 0 Å². The van der Waals surface area contributed by atoms with Gasteiger partial charge in [-0.15, -0.1) is 0 Å². The summed E-state index contributed by atoms with van der Waals surface area (Å²) in [6, 6.07) is 6.01. The summed E-state index contributed by atoms with van der Waals surface area (Å²) in [7, 11) is 9.38. The molecule has 1 aromatic carbocycles. The predicted molar refractivity (Wildman–Crippen MR) is 109 cm³/mol. The highest BCUT2D eigenvalue weighted by Gasteiger charge is 2.34. The van der Waals surface area contributed by atoms with Crippen molar-refractivity contribution < 1.29 is 14.2 Å². The molecule has 0 spiro atoms. The van der Waals surface area contributed by atoms with Gasteiger partial charge in [0.1, 0.15) is 0 Å². The van der Waals surface area contributed by atoms with Crippen molar-refractivity contribution in [1.82, 2.24) is 15.5 Å². The van der Waals surface area contributed by atoms with Gasteiger partial charge >= 0.3 is 0 Å². The molecule has 7 heteroatoms. The molecule has 1 aliphatic heterocycles. The Morgan fingerprint density at radius 2 is 1.85 bits per heavy atom. The quantitative estimate of drug-likeness (QED) is 0.528. The van der Waals surface area contributed by atoms with Crippen LogP contribution in [0.15, 0.2) is 23.2 Å². The third-order valence-electron chi connectivity index (χ3n) is 5.33. The van der Waals surface area contributed by atoms with Crippen LogP contribution in [0, 0.1) is 0 Å². The lowest BCUT2D eigenvalue weighted by Gasteiger charge is -2.43. The summed E-state index contributed by atoms with van der Waals surface area (Å²) >= 11 is 0. The minimum absolute atomic E-state index is 0.110. The van der Waals surface area contributed by atoms with Gasteiger partial charge in [0.15, 0.2) is 17.5 Å². The minimum Gasteiger partial charge on any atom is -0.493 e. The number of guanidine groups is 1. The van der Waals surface area contributed by atoms with Gasteiger partial charge < -0.3 is 29.7 Å². The van der Waals surface area contributed by atoms with Gasteiger partial charge in [0.2, 0.25) is 0 Å². The Labute approximate surface area is 163 Å². The van der Waals surface area contributed by atoms with E-state index in [9.17, 15) is 0 Å². The summed E-state index contributed by atoms with van der Waals surface area (Å²) in [5, 5.41) is 6.88. The molecule has 0 radical (unpaired) electrons. The maximum absolute atomic E-state index is 5.54. The number of nitrogens with zero attached hydrogens (tertiary/aromatic N) is 2. The predicted octanol–water partition coefficient (Wildman–Crippen LogP) is 1.52. The second-order valence-corrected chi connectivity index (χ2v) is 7.02. The van der Waals surface area contributed by atoms with Crippen molar-refractivity contribution in [2.24, 2.45) is 4.99 Å². The van der Waals surface area contributed by atoms with Gasteiger partial charge in [0, 0.05) is 38.9 Å². The molecule has 0 atom stereocenters. The van der Waals surface area contributed by atoms with Crippen LogP contribution in [0.4, 0.5) is 0 Å². The van der Waals surface area contributed by atoms with Gasteiger partial charge in [-0.3, -0.25) is 4.99 Å². The molecule has 0 aromatic heterocycles.